The van der Waals surface area contributed by atoms with Crippen LogP contribution in [0.1, 0.15) is 25.0 Å². The lowest BCUT2D eigenvalue weighted by atomic mass is 10.1. The van der Waals surface area contributed by atoms with Crippen molar-refractivity contribution in [3.05, 3.63) is 29.3 Å². The predicted octanol–water partition coefficient (Wildman–Crippen LogP) is 3.87. The van der Waals surface area contributed by atoms with Gasteiger partial charge in [-0.15, -0.1) is 0 Å². The number of hydrogen-bond donors (Lipinski definition) is 1. The minimum atomic E-state index is -5.86. The van der Waals surface area contributed by atoms with Crippen molar-refractivity contribution in [1.82, 2.24) is 9.80 Å². The van der Waals surface area contributed by atoms with E-state index in [1.807, 2.05) is 0 Å². The molecule has 8 nitrogen and oxygen atoms in total. The Morgan fingerprint density at radius 3 is 1.89 bits per heavy atom. The zero-order chi connectivity index (χ0) is 27.7. The average molecular weight is 558 g/mol. The summed E-state index contributed by atoms with van der Waals surface area (Å²) < 4.78 is 124. The number of carbonyl (C=O) groups is 2. The highest BCUT2D eigenvalue weighted by Crippen LogP contribution is 2.37. The van der Waals surface area contributed by atoms with Gasteiger partial charge in [0.1, 0.15) is 5.75 Å². The van der Waals surface area contributed by atoms with E-state index in [1.54, 1.807) is 0 Å². The summed E-state index contributed by atoms with van der Waals surface area (Å²) in [5, 5.41) is 9.24. The highest BCUT2D eigenvalue weighted by Gasteiger charge is 2.60. The number of halogens is 9. The molecule has 1 aliphatic rings. The SMILES string of the molecule is CC(C)(Oc1cc(C(F)(F)F)ccc1CN1CCN(C(=O)OC(C(F)(F)F)C(F)(F)F)CC1)C(=O)O.O. The summed E-state index contributed by atoms with van der Waals surface area (Å²) in [7, 11) is 0. The summed E-state index contributed by atoms with van der Waals surface area (Å²) in [6.45, 7) is 1.30. The third-order valence-corrected chi connectivity index (χ3v) is 5.11. The fourth-order valence-electron chi connectivity index (χ4n) is 3.10. The number of hydrogen-bond acceptors (Lipinski definition) is 5. The number of benzene rings is 1. The minimum absolute atomic E-state index is 0. The van der Waals surface area contributed by atoms with E-state index in [4.69, 9.17) is 4.74 Å². The Morgan fingerprint density at radius 1 is 0.946 bits per heavy atom. The molecule has 1 aromatic carbocycles. The summed E-state index contributed by atoms with van der Waals surface area (Å²) in [5.74, 6) is -1.83. The van der Waals surface area contributed by atoms with Gasteiger partial charge in [0.05, 0.1) is 5.56 Å². The number of rotatable bonds is 6. The van der Waals surface area contributed by atoms with E-state index in [2.05, 4.69) is 4.74 Å². The van der Waals surface area contributed by atoms with Crippen LogP contribution in [0.2, 0.25) is 0 Å². The van der Waals surface area contributed by atoms with E-state index in [9.17, 15) is 54.2 Å². The van der Waals surface area contributed by atoms with Crippen LogP contribution in [0.15, 0.2) is 18.2 Å². The van der Waals surface area contributed by atoms with Crippen LogP contribution in [0.25, 0.3) is 0 Å². The fraction of sp³-hybridized carbons (Fsp3) is 0.600. The molecule has 1 fully saturated rings. The molecule has 0 atom stereocenters. The number of aliphatic carboxylic acids is 1. The van der Waals surface area contributed by atoms with Crippen LogP contribution in [0, 0.1) is 0 Å². The Hall–Kier alpha value is -2.95. The van der Waals surface area contributed by atoms with E-state index >= 15 is 0 Å². The first-order valence-corrected chi connectivity index (χ1v) is 10.2. The number of nitrogens with zero attached hydrogens (tertiary/aromatic N) is 2. The highest BCUT2D eigenvalue weighted by molar-refractivity contribution is 5.76. The third kappa shape index (κ3) is 8.55. The lowest BCUT2D eigenvalue weighted by Gasteiger charge is -2.35. The number of piperazine rings is 1. The quantitative estimate of drug-likeness (QED) is 0.531. The molecule has 0 aliphatic carbocycles. The number of amides is 1. The van der Waals surface area contributed by atoms with Gasteiger partial charge in [-0.3, -0.25) is 4.90 Å². The topological polar surface area (TPSA) is 111 Å². The Balaban J connectivity index is 0.00000684. The molecule has 0 aromatic heterocycles. The zero-order valence-electron chi connectivity index (χ0n) is 19.2. The molecule has 1 saturated heterocycles. The molecule has 1 aliphatic heterocycles. The third-order valence-electron chi connectivity index (χ3n) is 5.11. The molecular weight excluding hydrogens is 535 g/mol. The van der Waals surface area contributed by atoms with E-state index in [0.29, 0.717) is 11.0 Å². The first kappa shape index (κ1) is 32.1. The maximum absolute atomic E-state index is 13.1. The molecule has 1 heterocycles. The van der Waals surface area contributed by atoms with Crippen molar-refractivity contribution in [1.29, 1.82) is 0 Å². The normalized spacial score (nSPS) is 15.8. The number of alkyl halides is 9. The second-order valence-corrected chi connectivity index (χ2v) is 8.35. The Morgan fingerprint density at radius 2 is 1.46 bits per heavy atom. The summed E-state index contributed by atoms with van der Waals surface area (Å²) in [6, 6.07) is 2.44. The smallest absolute Gasteiger partial charge is 0.434 e. The maximum Gasteiger partial charge on any atom is 0.434 e. The van der Waals surface area contributed by atoms with E-state index in [0.717, 1.165) is 26.0 Å². The van der Waals surface area contributed by atoms with Crippen LogP contribution in [0.3, 0.4) is 0 Å². The molecular formula is C20H23F9N2O6. The van der Waals surface area contributed by atoms with Gasteiger partial charge in [0.15, 0.2) is 5.60 Å². The van der Waals surface area contributed by atoms with Gasteiger partial charge >= 0.3 is 30.6 Å². The first-order valence-electron chi connectivity index (χ1n) is 10.2. The monoisotopic (exact) mass is 558 g/mol. The number of carbonyl (C=O) groups excluding carboxylic acids is 1. The number of carboxylic acid groups (broad SMARTS) is 1. The van der Waals surface area contributed by atoms with Gasteiger partial charge in [-0.2, -0.15) is 39.5 Å². The van der Waals surface area contributed by atoms with Gasteiger partial charge in [0, 0.05) is 38.3 Å². The zero-order valence-corrected chi connectivity index (χ0v) is 19.2. The molecule has 0 unspecified atom stereocenters. The molecule has 212 valence electrons. The van der Waals surface area contributed by atoms with Crippen LogP contribution in [0.5, 0.6) is 5.75 Å². The Bertz CT molecular complexity index is 941. The molecule has 0 radical (unpaired) electrons. The molecule has 17 heteroatoms. The van der Waals surface area contributed by atoms with Gasteiger partial charge in [-0.05, 0) is 26.0 Å². The van der Waals surface area contributed by atoms with Gasteiger partial charge in [0.2, 0.25) is 0 Å². The number of ether oxygens (including phenoxy) is 2. The molecule has 0 bridgehead atoms. The van der Waals surface area contributed by atoms with Crippen LogP contribution < -0.4 is 4.74 Å². The predicted molar refractivity (Wildman–Crippen MR) is 107 cm³/mol. The highest BCUT2D eigenvalue weighted by atomic mass is 19.4. The van der Waals surface area contributed by atoms with E-state index < -0.39 is 47.9 Å². The van der Waals surface area contributed by atoms with Crippen molar-refractivity contribution in [3.63, 3.8) is 0 Å². The van der Waals surface area contributed by atoms with Crippen LogP contribution in [-0.2, 0) is 22.3 Å². The lowest BCUT2D eigenvalue weighted by molar-refractivity contribution is -0.308. The maximum atomic E-state index is 13.1. The first-order chi connectivity index (χ1) is 16.2. The van der Waals surface area contributed by atoms with Gasteiger partial charge < -0.3 is 25.0 Å². The van der Waals surface area contributed by atoms with Crippen molar-refractivity contribution in [2.75, 3.05) is 26.2 Å². The summed E-state index contributed by atoms with van der Waals surface area (Å²) in [5.41, 5.74) is -2.85. The lowest BCUT2D eigenvalue weighted by Crippen LogP contribution is -2.52. The van der Waals surface area contributed by atoms with Crippen molar-refractivity contribution < 1.29 is 69.2 Å². The molecule has 0 spiro atoms. The van der Waals surface area contributed by atoms with Crippen LogP contribution >= 0.6 is 0 Å². The summed E-state index contributed by atoms with van der Waals surface area (Å²) in [6.07, 6.45) is -22.6. The number of carboxylic acids is 1. The molecule has 3 N–H and O–H groups in total. The van der Waals surface area contributed by atoms with Crippen molar-refractivity contribution in [3.8, 4) is 5.75 Å². The minimum Gasteiger partial charge on any atom is -0.478 e. The Labute approximate surface area is 203 Å². The van der Waals surface area contributed by atoms with Gasteiger partial charge in [0.25, 0.3) is 6.10 Å². The van der Waals surface area contributed by atoms with Crippen LogP contribution in [0.4, 0.5) is 44.3 Å². The molecule has 1 aromatic rings. The molecule has 0 saturated carbocycles. The van der Waals surface area contributed by atoms with E-state index in [1.165, 1.54) is 4.90 Å². The van der Waals surface area contributed by atoms with Gasteiger partial charge in [-0.1, -0.05) is 6.07 Å². The van der Waals surface area contributed by atoms with Crippen LogP contribution in [-0.4, -0.2) is 82.7 Å². The second kappa shape index (κ2) is 11.2. The summed E-state index contributed by atoms with van der Waals surface area (Å²) >= 11 is 0. The van der Waals surface area contributed by atoms with Crippen molar-refractivity contribution in [2.24, 2.45) is 0 Å². The largest absolute Gasteiger partial charge is 0.478 e. The second-order valence-electron chi connectivity index (χ2n) is 8.35. The van der Waals surface area contributed by atoms with Crippen molar-refractivity contribution in [2.45, 2.75) is 50.6 Å². The summed E-state index contributed by atoms with van der Waals surface area (Å²) in [4.78, 5) is 25.4. The Kier molecular flexibility index (Phi) is 9.71. The molecule has 1 amide bonds. The molecule has 37 heavy (non-hydrogen) atoms. The fourth-order valence-corrected chi connectivity index (χ4v) is 3.10. The van der Waals surface area contributed by atoms with Crippen molar-refractivity contribution >= 4 is 12.1 Å². The van der Waals surface area contributed by atoms with E-state index in [-0.39, 0.29) is 49.5 Å². The molecule has 2 rings (SSSR count). The van der Waals surface area contributed by atoms with Gasteiger partial charge in [-0.25, -0.2) is 9.59 Å². The average Bonchev–Trinajstić information content (AvgIpc) is 2.70. The standard InChI is InChI=1S/C20H21F9N2O5.H2O/c1-17(2,15(32)33)36-13-9-12(18(21,22)23)4-3-11(13)10-30-5-7-31(8-6-30)16(34)35-14(19(24,25)26)20(27,28)29;/h3-4,9,14H,5-8,10H2,1-2H3,(H,32,33);1H2.